The number of thioether (sulfide) groups is 1. The maximum Gasteiger partial charge on any atom is 0.397 e. The van der Waals surface area contributed by atoms with Gasteiger partial charge in [-0.05, 0) is 131 Å². The van der Waals surface area contributed by atoms with E-state index in [1.54, 1.807) is 11.9 Å². The van der Waals surface area contributed by atoms with Gasteiger partial charge in [-0.15, -0.1) is 36.9 Å². The number of rotatable bonds is 18. The van der Waals surface area contributed by atoms with Crippen LogP contribution in [0.3, 0.4) is 0 Å². The summed E-state index contributed by atoms with van der Waals surface area (Å²) in [5.74, 6) is -1.10. The van der Waals surface area contributed by atoms with Crippen LogP contribution in [0, 0.1) is 19.9 Å². The average molecular weight is 1210 g/mol. The number of azo groups is 2. The van der Waals surface area contributed by atoms with E-state index in [1.165, 1.54) is 42.5 Å². The number of nitrogens with zero attached hydrogens (tertiary/aromatic N) is 7. The van der Waals surface area contributed by atoms with Crippen LogP contribution in [0.5, 0.6) is 5.75 Å². The molecule has 0 aliphatic heterocycles. The summed E-state index contributed by atoms with van der Waals surface area (Å²) in [6.07, 6.45) is 0. The molecule has 0 fully saturated rings. The Morgan fingerprint density at radius 2 is 1.10 bits per heavy atom. The normalized spacial score (nSPS) is 11.8. The molecule has 0 bridgehead atoms. The van der Waals surface area contributed by atoms with Crippen molar-refractivity contribution in [2.24, 2.45) is 30.8 Å². The molecule has 7 aromatic rings. The molecule has 416 valence electrons. The van der Waals surface area contributed by atoms with Gasteiger partial charge in [0.25, 0.3) is 36.0 Å². The van der Waals surface area contributed by atoms with Crippen molar-refractivity contribution in [3.63, 3.8) is 0 Å². The lowest BCUT2D eigenvalue weighted by Gasteiger charge is -2.14. The number of anilines is 6. The van der Waals surface area contributed by atoms with Crippen molar-refractivity contribution in [1.82, 2.24) is 0 Å². The first-order valence-electron chi connectivity index (χ1n) is 20.9. The summed E-state index contributed by atoms with van der Waals surface area (Å²) in [5, 5.41) is 40.3. The van der Waals surface area contributed by atoms with Crippen molar-refractivity contribution < 1.29 is 66.1 Å². The summed E-state index contributed by atoms with van der Waals surface area (Å²) >= 11 is 2.39. The van der Waals surface area contributed by atoms with Crippen LogP contribution in [-0.2, 0) is 44.9 Å². The van der Waals surface area contributed by atoms with E-state index in [-0.39, 0.29) is 39.1 Å². The number of aromatic hydroxyl groups is 1. The molecule has 0 atom stereocenters. The van der Waals surface area contributed by atoms with Crippen LogP contribution in [0.15, 0.2) is 171 Å². The molecule has 0 radical (unpaired) electrons. The molecule has 0 saturated heterocycles. The number of phenols is 1. The van der Waals surface area contributed by atoms with Crippen LogP contribution in [0.25, 0.3) is 10.8 Å². The third-order valence-electron chi connectivity index (χ3n) is 9.76. The number of hydrogen-bond acceptors (Lipinski definition) is 28. The minimum atomic E-state index is -5.19. The lowest BCUT2D eigenvalue weighted by molar-refractivity contribution is -0.384. The van der Waals surface area contributed by atoms with Crippen LogP contribution < -0.4 is 33.4 Å². The number of nitrogens with one attached hydrogen (secondary N) is 1. The second-order valence-electron chi connectivity index (χ2n) is 15.1. The highest BCUT2D eigenvalue weighted by Crippen LogP contribution is 2.46. The Balaban J connectivity index is 0.000000250. The zero-order chi connectivity index (χ0) is 58.6. The molecule has 0 heterocycles. The van der Waals surface area contributed by atoms with Crippen LogP contribution >= 0.6 is 23.7 Å². The molecular formula is C42H39N13O18S6. The smallest absolute Gasteiger partial charge is 0.397 e. The zero-order valence-electron chi connectivity index (χ0n) is 39.4. The number of hydrogen-bond donors (Lipinski definition) is 11. The van der Waals surface area contributed by atoms with Gasteiger partial charge in [0.05, 0.1) is 39.7 Å². The molecule has 0 aliphatic carbocycles. The highest BCUT2D eigenvalue weighted by Gasteiger charge is 2.27. The van der Waals surface area contributed by atoms with Crippen molar-refractivity contribution in [3.8, 4) is 5.75 Å². The van der Waals surface area contributed by atoms with Crippen molar-refractivity contribution in [3.05, 3.63) is 135 Å². The highest BCUT2D eigenvalue weighted by atomic mass is 32.3. The molecular weight excluding hydrogens is 1170 g/mol. The summed E-state index contributed by atoms with van der Waals surface area (Å²) in [4.78, 5) is 29.6. The van der Waals surface area contributed by atoms with Crippen LogP contribution in [0.1, 0.15) is 0 Å². The Bertz CT molecular complexity index is 3950. The molecule has 79 heavy (non-hydrogen) atoms. The van der Waals surface area contributed by atoms with Gasteiger partial charge in [0, 0.05) is 44.7 Å². The standard InChI is InChI=1S/C18H18N4O14S5.C12H8N6O4.C12H13N3S/c19-15-12(39(27,28)29)5-8-6-13(40(30,31)32)17(16(20)14(8)18(15)23)22-21-10-2-1-9(7-11(10)38(24,25)26)37-4-3-36-41(33,34)35;13-11-9(16-19)5-6-10(12(11)17-20)15-14-7-1-3-8(4-2-7)18(21)22;13-9-1-5-11(6-2-9)15-16-12-7-3-10(14)4-8-12/h1-2,5-7,23H,3-4,19-20H2,(H,24,25,26)(H,27,28,29)(H,30,31,32)(H,33,34,35);1-6H,13H2;1-8,15H,13-14H2. The minimum Gasteiger partial charge on any atom is -0.505 e. The van der Waals surface area contributed by atoms with Gasteiger partial charge >= 0.3 is 10.4 Å². The van der Waals surface area contributed by atoms with E-state index >= 15 is 0 Å². The van der Waals surface area contributed by atoms with E-state index in [4.69, 9.17) is 33.2 Å². The largest absolute Gasteiger partial charge is 0.505 e. The second-order valence-corrected chi connectivity index (χ2v) is 22.5. The Hall–Kier alpha value is -8.50. The average Bonchev–Trinajstić information content (AvgIpc) is 3.55. The predicted molar refractivity (Wildman–Crippen MR) is 293 cm³/mol. The number of nitro benzene ring substituents is 1. The first-order chi connectivity index (χ1) is 36.9. The molecule has 0 amide bonds. The maximum atomic E-state index is 12.1. The number of nitrogen functional groups attached to an aromatic ring is 5. The topological polar surface area (TPSA) is 541 Å². The molecule has 0 spiro atoms. The monoisotopic (exact) mass is 1210 g/mol. The van der Waals surface area contributed by atoms with Crippen molar-refractivity contribution in [2.75, 3.05) is 45.8 Å². The maximum absolute atomic E-state index is 12.1. The van der Waals surface area contributed by atoms with E-state index in [0.29, 0.717) is 17.8 Å². The van der Waals surface area contributed by atoms with Crippen LogP contribution in [0.2, 0.25) is 0 Å². The number of nitrogens with two attached hydrogens (primary N) is 5. The van der Waals surface area contributed by atoms with Gasteiger partial charge in [-0.2, -0.15) is 38.8 Å². The molecule has 0 saturated carbocycles. The van der Waals surface area contributed by atoms with Gasteiger partial charge in [-0.1, -0.05) is 0 Å². The summed E-state index contributed by atoms with van der Waals surface area (Å²) in [7, 11) is -19.9. The highest BCUT2D eigenvalue weighted by molar-refractivity contribution is 8.00. The third-order valence-corrected chi connectivity index (χ3v) is 14.7. The summed E-state index contributed by atoms with van der Waals surface area (Å²) in [6.45, 7) is -0.491. The molecule has 7 rings (SSSR count). The van der Waals surface area contributed by atoms with E-state index in [9.17, 15) is 72.4 Å². The summed E-state index contributed by atoms with van der Waals surface area (Å²) in [6, 6.07) is 27.7. The number of non-ortho nitro benzene ring substituents is 1. The fourth-order valence-electron chi connectivity index (χ4n) is 6.13. The number of nitroso groups, excluding NO2 is 2. The van der Waals surface area contributed by atoms with Gasteiger partial charge in [-0.25, -0.2) is 4.18 Å². The summed E-state index contributed by atoms with van der Waals surface area (Å²) in [5.41, 5.74) is 27.6. The van der Waals surface area contributed by atoms with Gasteiger partial charge in [0.2, 0.25) is 0 Å². The predicted octanol–water partition coefficient (Wildman–Crippen LogP) is 9.14. The second kappa shape index (κ2) is 25.8. The quantitative estimate of drug-likeness (QED) is 0.00364. The van der Waals surface area contributed by atoms with Crippen molar-refractivity contribution >= 4 is 149 Å². The zero-order valence-corrected chi connectivity index (χ0v) is 44.3. The van der Waals surface area contributed by atoms with Crippen molar-refractivity contribution in [1.29, 1.82) is 0 Å². The van der Waals surface area contributed by atoms with Crippen molar-refractivity contribution in [2.45, 2.75) is 24.5 Å². The molecule has 0 aliphatic rings. The number of nitro groups is 1. The molecule has 16 N–H and O–H groups in total. The SMILES string of the molecule is Nc1c(N=O)ccc(N=Nc2ccc([N+](=O)[O-])cc2)c1N=O.Nc1c(S(=O)(=O)O)cc2cc(S(=O)(=O)O)c(N=Nc3ccc(SCCOS(=O)(=O)O)cc3S(=O)(=O)O)c(N)c2c1O.Nc1ccc(NSc2ccc(N)cc2)cc1. The Morgan fingerprint density at radius 1 is 0.570 bits per heavy atom. The fraction of sp³-hybridized carbons (Fsp3) is 0.0476. The van der Waals surface area contributed by atoms with E-state index < -0.39 is 106 Å². The van der Waals surface area contributed by atoms with Gasteiger partial charge in [-0.3, -0.25) is 28.3 Å². The Morgan fingerprint density at radius 3 is 1.65 bits per heavy atom. The lowest BCUT2D eigenvalue weighted by Crippen LogP contribution is -2.06. The minimum absolute atomic E-state index is 0.0539. The Labute approximate surface area is 454 Å². The number of phenolic OH excluding ortho intramolecular Hbond substituents is 1. The third kappa shape index (κ3) is 17.0. The lowest BCUT2D eigenvalue weighted by atomic mass is 10.1. The number of benzene rings is 7. The van der Waals surface area contributed by atoms with Gasteiger partial charge < -0.3 is 38.5 Å². The first kappa shape index (κ1) is 61.4. The first-order valence-corrected chi connectivity index (χ1v) is 28.4. The van der Waals surface area contributed by atoms with Crippen LogP contribution in [-0.4, -0.2) is 74.3 Å². The molecule has 0 aromatic heterocycles. The van der Waals surface area contributed by atoms with Crippen LogP contribution in [0.4, 0.5) is 73.9 Å². The number of fused-ring (bicyclic) bond motifs is 1. The molecule has 37 heteroatoms. The summed E-state index contributed by atoms with van der Waals surface area (Å²) < 4.78 is 137. The van der Waals surface area contributed by atoms with E-state index in [0.717, 1.165) is 45.9 Å². The fourth-order valence-corrected chi connectivity index (χ4v) is 9.98. The van der Waals surface area contributed by atoms with E-state index in [2.05, 4.69) is 39.7 Å². The molecule has 7 aromatic carbocycles. The molecule has 0 unspecified atom stereocenters. The van der Waals surface area contributed by atoms with E-state index in [1.807, 2.05) is 48.5 Å². The van der Waals surface area contributed by atoms with Gasteiger partial charge in [0.1, 0.15) is 43.2 Å². The Kier molecular flexibility index (Phi) is 20.0. The van der Waals surface area contributed by atoms with Gasteiger partial charge in [0.15, 0.2) is 5.69 Å². The molecule has 31 nitrogen and oxygen atoms in total.